The van der Waals surface area contributed by atoms with Crippen molar-refractivity contribution in [2.24, 2.45) is 17.8 Å². The van der Waals surface area contributed by atoms with Gasteiger partial charge in [0.1, 0.15) is 0 Å². The van der Waals surface area contributed by atoms with Gasteiger partial charge in [-0.2, -0.15) is 0 Å². The monoisotopic (exact) mass is 356 g/mol. The number of aliphatic carboxylic acids is 2. The lowest BCUT2D eigenvalue weighted by Crippen LogP contribution is -2.45. The molecule has 0 aromatic carbocycles. The molecule has 2 fully saturated rings. The highest BCUT2D eigenvalue weighted by Crippen LogP contribution is 2.40. The van der Waals surface area contributed by atoms with Gasteiger partial charge in [0.2, 0.25) is 6.10 Å². The molecule has 2 saturated carbocycles. The first-order chi connectivity index (χ1) is 11.9. The molecule has 0 radical (unpaired) electrons. The Morgan fingerprint density at radius 1 is 0.760 bits per heavy atom. The SMILES string of the molecule is O=C(O)C(O)C(OC(=O)C(C1CCCCC1)C1CCCCC1)C(=O)O. The van der Waals surface area contributed by atoms with Crippen LogP contribution >= 0.6 is 0 Å². The molecule has 142 valence electrons. The van der Waals surface area contributed by atoms with E-state index in [1.54, 1.807) is 0 Å². The highest BCUT2D eigenvalue weighted by molar-refractivity contribution is 5.86. The Kier molecular flexibility index (Phi) is 7.23. The van der Waals surface area contributed by atoms with Crippen molar-refractivity contribution in [3.8, 4) is 0 Å². The molecule has 0 spiro atoms. The van der Waals surface area contributed by atoms with Crippen LogP contribution < -0.4 is 0 Å². The summed E-state index contributed by atoms with van der Waals surface area (Å²) in [5, 5.41) is 27.5. The third-order valence-electron chi connectivity index (χ3n) is 5.61. The number of ether oxygens (including phenoxy) is 1. The lowest BCUT2D eigenvalue weighted by Gasteiger charge is -2.36. The van der Waals surface area contributed by atoms with Crippen LogP contribution in [0.25, 0.3) is 0 Å². The van der Waals surface area contributed by atoms with Crippen molar-refractivity contribution in [3.05, 3.63) is 0 Å². The third kappa shape index (κ3) is 5.17. The summed E-state index contributed by atoms with van der Waals surface area (Å²) in [5.41, 5.74) is 0. The van der Waals surface area contributed by atoms with Gasteiger partial charge in [0.05, 0.1) is 5.92 Å². The smallest absolute Gasteiger partial charge is 0.348 e. The molecule has 2 atom stereocenters. The molecule has 0 heterocycles. The maximum Gasteiger partial charge on any atom is 0.348 e. The van der Waals surface area contributed by atoms with E-state index in [0.29, 0.717) is 0 Å². The highest BCUT2D eigenvalue weighted by atomic mass is 16.6. The molecule has 2 aliphatic carbocycles. The largest absolute Gasteiger partial charge is 0.479 e. The molecule has 0 aliphatic heterocycles. The van der Waals surface area contributed by atoms with Crippen LogP contribution in [0, 0.1) is 17.8 Å². The van der Waals surface area contributed by atoms with Gasteiger partial charge in [-0.25, -0.2) is 9.59 Å². The Labute approximate surface area is 147 Å². The maximum atomic E-state index is 12.8. The van der Waals surface area contributed by atoms with Crippen molar-refractivity contribution < 1.29 is 34.4 Å². The van der Waals surface area contributed by atoms with E-state index >= 15 is 0 Å². The van der Waals surface area contributed by atoms with Gasteiger partial charge in [-0.3, -0.25) is 4.79 Å². The van der Waals surface area contributed by atoms with Crippen molar-refractivity contribution in [2.45, 2.75) is 76.4 Å². The van der Waals surface area contributed by atoms with Crippen molar-refractivity contribution in [2.75, 3.05) is 0 Å². The third-order valence-corrected chi connectivity index (χ3v) is 5.61. The molecule has 0 amide bonds. The summed E-state index contributed by atoms with van der Waals surface area (Å²) in [6.07, 6.45) is 5.76. The minimum atomic E-state index is -2.26. The van der Waals surface area contributed by atoms with Crippen LogP contribution in [-0.2, 0) is 19.1 Å². The van der Waals surface area contributed by atoms with Crippen molar-refractivity contribution in [3.63, 3.8) is 0 Å². The van der Waals surface area contributed by atoms with E-state index in [1.165, 1.54) is 0 Å². The van der Waals surface area contributed by atoms with Gasteiger partial charge in [-0.15, -0.1) is 0 Å². The summed E-state index contributed by atoms with van der Waals surface area (Å²) in [4.78, 5) is 34.9. The number of aliphatic hydroxyl groups is 1. The Bertz CT molecular complexity index is 460. The van der Waals surface area contributed by atoms with Crippen LogP contribution in [0.5, 0.6) is 0 Å². The molecule has 0 bridgehead atoms. The summed E-state index contributed by atoms with van der Waals surface area (Å²) < 4.78 is 5.03. The Hall–Kier alpha value is -1.63. The molecule has 2 unspecified atom stereocenters. The predicted octanol–water partition coefficient (Wildman–Crippen LogP) is 2.21. The summed E-state index contributed by atoms with van der Waals surface area (Å²) in [5.74, 6) is -4.11. The number of hydrogen-bond acceptors (Lipinski definition) is 5. The number of rotatable bonds is 7. The lowest BCUT2D eigenvalue weighted by molar-refractivity contribution is -0.183. The van der Waals surface area contributed by atoms with E-state index in [9.17, 15) is 19.5 Å². The summed E-state index contributed by atoms with van der Waals surface area (Å²) >= 11 is 0. The fourth-order valence-corrected chi connectivity index (χ4v) is 4.34. The fourth-order valence-electron chi connectivity index (χ4n) is 4.34. The van der Waals surface area contributed by atoms with E-state index in [4.69, 9.17) is 14.9 Å². The Morgan fingerprint density at radius 3 is 1.56 bits per heavy atom. The van der Waals surface area contributed by atoms with E-state index < -0.39 is 36.0 Å². The van der Waals surface area contributed by atoms with E-state index in [2.05, 4.69) is 0 Å². The topological polar surface area (TPSA) is 121 Å². The zero-order chi connectivity index (χ0) is 18.4. The average Bonchev–Trinajstić information content (AvgIpc) is 2.61. The molecule has 25 heavy (non-hydrogen) atoms. The van der Waals surface area contributed by atoms with E-state index in [1.807, 2.05) is 0 Å². The molecular formula is C18H28O7. The Morgan fingerprint density at radius 2 is 1.20 bits per heavy atom. The van der Waals surface area contributed by atoms with Gasteiger partial charge in [-0.1, -0.05) is 38.5 Å². The second-order valence-electron chi connectivity index (χ2n) is 7.30. The number of carboxylic acid groups (broad SMARTS) is 2. The molecule has 0 saturated heterocycles. The number of aliphatic hydroxyl groups excluding tert-OH is 1. The lowest BCUT2D eigenvalue weighted by atomic mass is 9.69. The number of hydrogen-bond donors (Lipinski definition) is 3. The van der Waals surface area contributed by atoms with Crippen LogP contribution in [0.4, 0.5) is 0 Å². The van der Waals surface area contributed by atoms with Crippen molar-refractivity contribution in [1.82, 2.24) is 0 Å². The zero-order valence-electron chi connectivity index (χ0n) is 14.4. The summed E-state index contributed by atoms with van der Waals surface area (Å²) in [6.45, 7) is 0. The number of esters is 1. The number of carboxylic acids is 2. The van der Waals surface area contributed by atoms with Gasteiger partial charge >= 0.3 is 17.9 Å². The van der Waals surface area contributed by atoms with Crippen molar-refractivity contribution >= 4 is 17.9 Å². The molecule has 2 rings (SSSR count). The molecule has 2 aliphatic rings. The maximum absolute atomic E-state index is 12.8. The fraction of sp³-hybridized carbons (Fsp3) is 0.833. The van der Waals surface area contributed by atoms with E-state index in [-0.39, 0.29) is 11.8 Å². The van der Waals surface area contributed by atoms with Gasteiger partial charge < -0.3 is 20.1 Å². The van der Waals surface area contributed by atoms with Gasteiger partial charge in [-0.05, 0) is 37.5 Å². The normalized spacial score (nSPS) is 22.3. The van der Waals surface area contributed by atoms with Crippen LogP contribution in [0.3, 0.4) is 0 Å². The number of carbonyl (C=O) groups excluding carboxylic acids is 1. The Balaban J connectivity index is 2.14. The molecule has 3 N–H and O–H groups in total. The standard InChI is InChI=1S/C18H28O7/c19-14(16(20)21)15(17(22)23)25-18(24)13(11-7-3-1-4-8-11)12-9-5-2-6-10-12/h11-15,19H,1-10H2,(H,20,21)(H,22,23). The minimum Gasteiger partial charge on any atom is -0.479 e. The molecular weight excluding hydrogens is 328 g/mol. The minimum absolute atomic E-state index is 0.153. The first-order valence-electron chi connectivity index (χ1n) is 9.26. The quantitative estimate of drug-likeness (QED) is 0.598. The van der Waals surface area contributed by atoms with Crippen molar-refractivity contribution in [1.29, 1.82) is 0 Å². The molecule has 0 aromatic rings. The van der Waals surface area contributed by atoms with Gasteiger partial charge in [0.15, 0.2) is 6.10 Å². The van der Waals surface area contributed by atoms with Crippen LogP contribution in [0.2, 0.25) is 0 Å². The summed E-state index contributed by atoms with van der Waals surface area (Å²) in [7, 11) is 0. The second-order valence-corrected chi connectivity index (χ2v) is 7.30. The molecule has 7 heteroatoms. The first-order valence-corrected chi connectivity index (χ1v) is 9.26. The van der Waals surface area contributed by atoms with Crippen LogP contribution in [-0.4, -0.2) is 45.4 Å². The van der Waals surface area contributed by atoms with Crippen LogP contribution in [0.1, 0.15) is 64.2 Å². The highest BCUT2D eigenvalue weighted by Gasteiger charge is 2.42. The number of carbonyl (C=O) groups is 3. The molecule has 0 aromatic heterocycles. The first kappa shape index (κ1) is 19.7. The van der Waals surface area contributed by atoms with Gasteiger partial charge in [0, 0.05) is 0 Å². The second kappa shape index (κ2) is 9.17. The predicted molar refractivity (Wildman–Crippen MR) is 87.8 cm³/mol. The molecule has 7 nitrogen and oxygen atoms in total. The van der Waals surface area contributed by atoms with Crippen LogP contribution in [0.15, 0.2) is 0 Å². The van der Waals surface area contributed by atoms with E-state index in [0.717, 1.165) is 64.2 Å². The zero-order valence-corrected chi connectivity index (χ0v) is 14.4. The average molecular weight is 356 g/mol. The summed E-state index contributed by atoms with van der Waals surface area (Å²) in [6, 6.07) is 0. The van der Waals surface area contributed by atoms with Gasteiger partial charge in [0.25, 0.3) is 0 Å².